The highest BCUT2D eigenvalue weighted by Crippen LogP contribution is 2.21. The van der Waals surface area contributed by atoms with E-state index in [1.807, 2.05) is 0 Å². The average molecular weight is 205 g/mol. The highest BCUT2D eigenvalue weighted by molar-refractivity contribution is 5.67. The number of aromatic nitrogens is 1. The Kier molecular flexibility index (Phi) is 2.90. The fourth-order valence-corrected chi connectivity index (χ4v) is 0.984. The summed E-state index contributed by atoms with van der Waals surface area (Å²) in [7, 11) is 0. The summed E-state index contributed by atoms with van der Waals surface area (Å²) < 4.78 is 4.61. The third-order valence-corrected chi connectivity index (χ3v) is 1.87. The third kappa shape index (κ3) is 2.68. The molecule has 0 aliphatic rings. The molecular weight excluding hydrogens is 194 g/mol. The lowest BCUT2D eigenvalue weighted by Crippen LogP contribution is -2.18. The summed E-state index contributed by atoms with van der Waals surface area (Å²) in [5, 5.41) is 8.87. The molecule has 0 aliphatic carbocycles. The summed E-state index contributed by atoms with van der Waals surface area (Å²) in [6.07, 6.45) is 0.475. The minimum absolute atomic E-state index is 0.264. The van der Waals surface area contributed by atoms with Gasteiger partial charge in [-0.25, -0.2) is 4.79 Å². The standard InChI is InChI=1S/C10H11N3O2/c1-10(2,6-11)8-4-3-7(5-13-8)15-9(12)14/h3-5H,1-2H3,(H2,12,14). The first-order valence-corrected chi connectivity index (χ1v) is 4.31. The maximum absolute atomic E-state index is 10.4. The number of ether oxygens (including phenoxy) is 1. The summed E-state index contributed by atoms with van der Waals surface area (Å²) in [4.78, 5) is 14.4. The second-order valence-corrected chi connectivity index (χ2v) is 3.54. The molecule has 1 amide bonds. The topological polar surface area (TPSA) is 89.0 Å². The molecule has 1 rings (SSSR count). The summed E-state index contributed by atoms with van der Waals surface area (Å²) in [5.74, 6) is 0.264. The lowest BCUT2D eigenvalue weighted by Gasteiger charge is -2.14. The van der Waals surface area contributed by atoms with Gasteiger partial charge >= 0.3 is 6.09 Å². The van der Waals surface area contributed by atoms with E-state index in [1.54, 1.807) is 26.0 Å². The van der Waals surface area contributed by atoms with Crippen LogP contribution < -0.4 is 10.5 Å². The number of carbonyl (C=O) groups excluding carboxylic acids is 1. The van der Waals surface area contributed by atoms with Gasteiger partial charge < -0.3 is 10.5 Å². The predicted octanol–water partition coefficient (Wildman–Crippen LogP) is 1.34. The molecule has 0 bridgehead atoms. The molecule has 0 spiro atoms. The Morgan fingerprint density at radius 3 is 2.67 bits per heavy atom. The predicted molar refractivity (Wildman–Crippen MR) is 53.1 cm³/mol. The molecule has 0 fully saturated rings. The zero-order chi connectivity index (χ0) is 11.5. The average Bonchev–Trinajstić information content (AvgIpc) is 2.18. The van der Waals surface area contributed by atoms with Crippen LogP contribution in [0.4, 0.5) is 4.79 Å². The molecular formula is C10H11N3O2. The number of amides is 1. The van der Waals surface area contributed by atoms with Gasteiger partial charge in [0.2, 0.25) is 0 Å². The van der Waals surface area contributed by atoms with Crippen molar-refractivity contribution in [3.8, 4) is 11.8 Å². The van der Waals surface area contributed by atoms with E-state index in [9.17, 15) is 4.79 Å². The summed E-state index contributed by atoms with van der Waals surface area (Å²) in [6, 6.07) is 5.30. The Balaban J connectivity index is 2.91. The second kappa shape index (κ2) is 3.96. The van der Waals surface area contributed by atoms with Crippen molar-refractivity contribution >= 4 is 6.09 Å². The minimum atomic E-state index is -0.885. The number of pyridine rings is 1. The van der Waals surface area contributed by atoms with Gasteiger partial charge in [0.1, 0.15) is 0 Å². The van der Waals surface area contributed by atoms with Gasteiger partial charge in [-0.15, -0.1) is 0 Å². The summed E-state index contributed by atoms with van der Waals surface area (Å²) in [6.45, 7) is 3.51. The van der Waals surface area contributed by atoms with Crippen LogP contribution in [0.5, 0.6) is 5.75 Å². The number of nitriles is 1. The first kappa shape index (κ1) is 11.0. The van der Waals surface area contributed by atoms with Crippen molar-refractivity contribution in [2.75, 3.05) is 0 Å². The lowest BCUT2D eigenvalue weighted by molar-refractivity contribution is 0.210. The number of hydrogen-bond acceptors (Lipinski definition) is 4. The fraction of sp³-hybridized carbons (Fsp3) is 0.300. The number of rotatable bonds is 2. The zero-order valence-corrected chi connectivity index (χ0v) is 8.52. The van der Waals surface area contributed by atoms with Gasteiger partial charge in [0.15, 0.2) is 5.75 Å². The first-order valence-electron chi connectivity index (χ1n) is 4.31. The maximum atomic E-state index is 10.4. The van der Waals surface area contributed by atoms with E-state index in [2.05, 4.69) is 15.8 Å². The molecule has 1 aromatic heterocycles. The van der Waals surface area contributed by atoms with Crippen molar-refractivity contribution in [2.45, 2.75) is 19.3 Å². The monoisotopic (exact) mass is 205 g/mol. The van der Waals surface area contributed by atoms with Gasteiger partial charge in [0.25, 0.3) is 0 Å². The van der Waals surface area contributed by atoms with Crippen LogP contribution in [0.1, 0.15) is 19.5 Å². The van der Waals surface area contributed by atoms with E-state index < -0.39 is 11.5 Å². The number of hydrogen-bond donors (Lipinski definition) is 1. The van der Waals surface area contributed by atoms with Crippen LogP contribution in [0.2, 0.25) is 0 Å². The molecule has 0 saturated carbocycles. The molecule has 15 heavy (non-hydrogen) atoms. The fourth-order valence-electron chi connectivity index (χ4n) is 0.984. The van der Waals surface area contributed by atoms with Crippen LogP contribution in [0.25, 0.3) is 0 Å². The molecule has 5 heteroatoms. The van der Waals surface area contributed by atoms with Crippen molar-refractivity contribution in [3.05, 3.63) is 24.0 Å². The van der Waals surface area contributed by atoms with E-state index in [-0.39, 0.29) is 5.75 Å². The van der Waals surface area contributed by atoms with Gasteiger partial charge in [-0.2, -0.15) is 5.26 Å². The molecule has 0 atom stereocenters. The van der Waals surface area contributed by atoms with Gasteiger partial charge in [-0.3, -0.25) is 4.98 Å². The second-order valence-electron chi connectivity index (χ2n) is 3.54. The molecule has 0 aliphatic heterocycles. The van der Waals surface area contributed by atoms with Gasteiger partial charge in [0, 0.05) is 0 Å². The van der Waals surface area contributed by atoms with E-state index in [1.165, 1.54) is 6.20 Å². The zero-order valence-electron chi connectivity index (χ0n) is 8.52. The van der Waals surface area contributed by atoms with Gasteiger partial charge in [-0.05, 0) is 26.0 Å². The number of carbonyl (C=O) groups is 1. The van der Waals surface area contributed by atoms with E-state index in [4.69, 9.17) is 11.0 Å². The van der Waals surface area contributed by atoms with Crippen LogP contribution in [0.15, 0.2) is 18.3 Å². The van der Waals surface area contributed by atoms with Crippen LogP contribution in [0.3, 0.4) is 0 Å². The summed E-state index contributed by atoms with van der Waals surface area (Å²) in [5.41, 5.74) is 4.78. The Morgan fingerprint density at radius 1 is 1.60 bits per heavy atom. The SMILES string of the molecule is CC(C)(C#N)c1ccc(OC(N)=O)cn1. The Bertz CT molecular complexity index is 404. The largest absolute Gasteiger partial charge is 0.410 e. The molecule has 5 nitrogen and oxygen atoms in total. The van der Waals surface area contributed by atoms with E-state index in [0.29, 0.717) is 5.69 Å². The van der Waals surface area contributed by atoms with E-state index in [0.717, 1.165) is 0 Å². The minimum Gasteiger partial charge on any atom is -0.409 e. The molecule has 0 aromatic carbocycles. The van der Waals surface area contributed by atoms with Crippen LogP contribution in [0, 0.1) is 11.3 Å². The molecule has 0 unspecified atom stereocenters. The number of nitrogens with two attached hydrogens (primary N) is 1. The van der Waals surface area contributed by atoms with Crippen LogP contribution in [-0.2, 0) is 5.41 Å². The molecule has 2 N–H and O–H groups in total. The normalized spacial score (nSPS) is 10.5. The Hall–Kier alpha value is -2.09. The van der Waals surface area contributed by atoms with Crippen molar-refractivity contribution < 1.29 is 9.53 Å². The molecule has 0 radical (unpaired) electrons. The third-order valence-electron chi connectivity index (χ3n) is 1.87. The van der Waals surface area contributed by atoms with Crippen molar-refractivity contribution in [1.82, 2.24) is 4.98 Å². The van der Waals surface area contributed by atoms with Gasteiger partial charge in [0.05, 0.1) is 23.4 Å². The van der Waals surface area contributed by atoms with Crippen LogP contribution in [-0.4, -0.2) is 11.1 Å². The maximum Gasteiger partial charge on any atom is 0.410 e. The smallest absolute Gasteiger partial charge is 0.409 e. The number of primary amides is 1. The van der Waals surface area contributed by atoms with Crippen molar-refractivity contribution in [2.24, 2.45) is 5.73 Å². The Morgan fingerprint density at radius 2 is 2.27 bits per heavy atom. The highest BCUT2D eigenvalue weighted by Gasteiger charge is 2.21. The Labute approximate surface area is 87.5 Å². The van der Waals surface area contributed by atoms with E-state index >= 15 is 0 Å². The lowest BCUT2D eigenvalue weighted by atomic mass is 9.91. The number of nitrogens with zero attached hydrogens (tertiary/aromatic N) is 2. The summed E-state index contributed by atoms with van der Waals surface area (Å²) >= 11 is 0. The molecule has 0 saturated heterocycles. The first-order chi connectivity index (χ1) is 6.95. The highest BCUT2D eigenvalue weighted by atomic mass is 16.5. The molecule has 1 aromatic rings. The van der Waals surface area contributed by atoms with Gasteiger partial charge in [-0.1, -0.05) is 0 Å². The van der Waals surface area contributed by atoms with Crippen molar-refractivity contribution in [1.29, 1.82) is 5.26 Å². The van der Waals surface area contributed by atoms with Crippen molar-refractivity contribution in [3.63, 3.8) is 0 Å². The molecule has 1 heterocycles. The van der Waals surface area contributed by atoms with Crippen LogP contribution >= 0.6 is 0 Å². The quantitative estimate of drug-likeness (QED) is 0.788. The molecule has 78 valence electrons.